The fraction of sp³-hybridized carbons (Fsp3) is 0.471. The Labute approximate surface area is 135 Å². The molecule has 0 unspecified atom stereocenters. The molecule has 0 saturated heterocycles. The Bertz CT molecular complexity index is 624. The van der Waals surface area contributed by atoms with Gasteiger partial charge in [-0.25, -0.2) is 4.39 Å². The molecule has 5 nitrogen and oxygen atoms in total. The number of hydrogen-bond acceptors (Lipinski definition) is 3. The van der Waals surface area contributed by atoms with Crippen molar-refractivity contribution in [2.24, 2.45) is 0 Å². The molecule has 0 bridgehead atoms. The van der Waals surface area contributed by atoms with Crippen LogP contribution in [-0.2, 0) is 4.79 Å². The van der Waals surface area contributed by atoms with Gasteiger partial charge in [0.1, 0.15) is 5.82 Å². The highest BCUT2D eigenvalue weighted by Crippen LogP contribution is 2.25. The molecule has 1 aliphatic rings. The zero-order chi connectivity index (χ0) is 17.0. The van der Waals surface area contributed by atoms with Crippen molar-refractivity contribution >= 4 is 17.7 Å². The molecule has 0 aliphatic carbocycles. The maximum Gasteiger partial charge on any atom is 0.264 e. The van der Waals surface area contributed by atoms with Gasteiger partial charge in [0, 0.05) is 26.1 Å². The molecule has 1 aromatic carbocycles. The summed E-state index contributed by atoms with van der Waals surface area (Å²) >= 11 is 0. The topological polar surface area (TPSA) is 57.7 Å². The zero-order valence-corrected chi connectivity index (χ0v) is 13.5. The molecule has 0 spiro atoms. The van der Waals surface area contributed by atoms with Gasteiger partial charge in [-0.3, -0.25) is 19.3 Å². The molecule has 0 aromatic heterocycles. The van der Waals surface area contributed by atoms with Gasteiger partial charge in [-0.05, 0) is 25.0 Å². The van der Waals surface area contributed by atoms with Crippen molar-refractivity contribution in [2.75, 3.05) is 19.6 Å². The normalized spacial score (nSPS) is 13.4. The Balaban J connectivity index is 2.05. The number of fused-ring (bicyclic) bond motifs is 1. The van der Waals surface area contributed by atoms with Crippen molar-refractivity contribution in [1.82, 2.24) is 9.80 Å². The van der Waals surface area contributed by atoms with Crippen LogP contribution in [0.2, 0.25) is 0 Å². The number of benzene rings is 1. The first-order valence-corrected chi connectivity index (χ1v) is 7.93. The molecular formula is C17H21FN2O3. The number of imide groups is 1. The van der Waals surface area contributed by atoms with Crippen molar-refractivity contribution in [3.05, 3.63) is 35.1 Å². The van der Waals surface area contributed by atoms with Crippen molar-refractivity contribution in [2.45, 2.75) is 33.1 Å². The SMILES string of the molecule is CCCN(CCC)C(=O)CCN1C(=O)c2cccc(F)c2C1=O. The first kappa shape index (κ1) is 17.1. The summed E-state index contributed by atoms with van der Waals surface area (Å²) in [6, 6.07) is 3.99. The number of rotatable bonds is 7. The average molecular weight is 320 g/mol. The quantitative estimate of drug-likeness (QED) is 0.725. The second-order valence-corrected chi connectivity index (χ2v) is 5.56. The first-order valence-electron chi connectivity index (χ1n) is 7.93. The van der Waals surface area contributed by atoms with Gasteiger partial charge in [-0.15, -0.1) is 0 Å². The van der Waals surface area contributed by atoms with Gasteiger partial charge >= 0.3 is 0 Å². The fourth-order valence-corrected chi connectivity index (χ4v) is 2.76. The van der Waals surface area contributed by atoms with E-state index in [4.69, 9.17) is 0 Å². The summed E-state index contributed by atoms with van der Waals surface area (Å²) in [5.41, 5.74) is -0.120. The number of hydrogen-bond donors (Lipinski definition) is 0. The summed E-state index contributed by atoms with van der Waals surface area (Å²) in [4.78, 5) is 39.3. The fourth-order valence-electron chi connectivity index (χ4n) is 2.76. The minimum Gasteiger partial charge on any atom is -0.343 e. The molecule has 1 aliphatic heterocycles. The van der Waals surface area contributed by atoms with Crippen LogP contribution in [-0.4, -0.2) is 47.2 Å². The lowest BCUT2D eigenvalue weighted by Gasteiger charge is -2.22. The van der Waals surface area contributed by atoms with E-state index in [-0.39, 0.29) is 30.0 Å². The summed E-state index contributed by atoms with van der Waals surface area (Å²) in [5, 5.41) is 0. The summed E-state index contributed by atoms with van der Waals surface area (Å²) in [6.07, 6.45) is 1.76. The van der Waals surface area contributed by atoms with E-state index < -0.39 is 17.6 Å². The molecule has 0 N–H and O–H groups in total. The highest BCUT2D eigenvalue weighted by atomic mass is 19.1. The predicted molar refractivity (Wildman–Crippen MR) is 83.5 cm³/mol. The Kier molecular flexibility index (Phi) is 5.47. The Hall–Kier alpha value is -2.24. The summed E-state index contributed by atoms with van der Waals surface area (Å²) in [7, 11) is 0. The van der Waals surface area contributed by atoms with Crippen LogP contribution in [0.15, 0.2) is 18.2 Å². The van der Waals surface area contributed by atoms with E-state index in [1.807, 2.05) is 13.8 Å². The zero-order valence-electron chi connectivity index (χ0n) is 13.5. The minimum absolute atomic E-state index is 0.0193. The van der Waals surface area contributed by atoms with Crippen LogP contribution in [0.4, 0.5) is 4.39 Å². The molecule has 23 heavy (non-hydrogen) atoms. The Morgan fingerprint density at radius 1 is 1.13 bits per heavy atom. The third-order valence-corrected chi connectivity index (χ3v) is 3.84. The first-order chi connectivity index (χ1) is 11.0. The number of carbonyl (C=O) groups excluding carboxylic acids is 3. The standard InChI is InChI=1S/C17H21FN2O3/c1-3-9-19(10-4-2)14(21)8-11-20-16(22)12-6-5-7-13(18)15(12)17(20)23/h5-7H,3-4,8-11H2,1-2H3. The van der Waals surface area contributed by atoms with Crippen molar-refractivity contribution in [3.63, 3.8) is 0 Å². The van der Waals surface area contributed by atoms with Crippen LogP contribution < -0.4 is 0 Å². The van der Waals surface area contributed by atoms with Crippen molar-refractivity contribution in [3.8, 4) is 0 Å². The summed E-state index contributed by atoms with van der Waals surface area (Å²) in [5.74, 6) is -1.98. The van der Waals surface area contributed by atoms with E-state index in [1.165, 1.54) is 12.1 Å². The van der Waals surface area contributed by atoms with Gasteiger partial charge in [0.05, 0.1) is 11.1 Å². The third-order valence-electron chi connectivity index (χ3n) is 3.84. The summed E-state index contributed by atoms with van der Waals surface area (Å²) < 4.78 is 13.7. The minimum atomic E-state index is -0.701. The number of carbonyl (C=O) groups is 3. The second-order valence-electron chi connectivity index (χ2n) is 5.56. The Morgan fingerprint density at radius 3 is 2.35 bits per heavy atom. The molecule has 0 fully saturated rings. The van der Waals surface area contributed by atoms with E-state index in [2.05, 4.69) is 0 Å². The van der Waals surface area contributed by atoms with Crippen LogP contribution >= 0.6 is 0 Å². The number of halogens is 1. The highest BCUT2D eigenvalue weighted by Gasteiger charge is 2.37. The number of nitrogens with zero attached hydrogens (tertiary/aromatic N) is 2. The molecule has 1 aromatic rings. The lowest BCUT2D eigenvalue weighted by Crippen LogP contribution is -2.37. The van der Waals surface area contributed by atoms with Gasteiger partial charge in [-0.1, -0.05) is 19.9 Å². The van der Waals surface area contributed by atoms with E-state index in [0.717, 1.165) is 23.8 Å². The molecule has 124 valence electrons. The van der Waals surface area contributed by atoms with Gasteiger partial charge in [0.2, 0.25) is 5.91 Å². The van der Waals surface area contributed by atoms with Gasteiger partial charge in [0.15, 0.2) is 0 Å². The third kappa shape index (κ3) is 3.41. The molecule has 2 rings (SSSR count). The van der Waals surface area contributed by atoms with E-state index >= 15 is 0 Å². The van der Waals surface area contributed by atoms with E-state index in [1.54, 1.807) is 4.90 Å². The smallest absolute Gasteiger partial charge is 0.264 e. The van der Waals surface area contributed by atoms with Crippen LogP contribution in [0.1, 0.15) is 53.8 Å². The van der Waals surface area contributed by atoms with Crippen LogP contribution in [0.25, 0.3) is 0 Å². The highest BCUT2D eigenvalue weighted by molar-refractivity contribution is 6.21. The maximum atomic E-state index is 13.7. The maximum absolute atomic E-state index is 13.7. The van der Waals surface area contributed by atoms with Crippen LogP contribution in [0.5, 0.6) is 0 Å². The largest absolute Gasteiger partial charge is 0.343 e. The molecule has 6 heteroatoms. The van der Waals surface area contributed by atoms with Crippen molar-refractivity contribution in [1.29, 1.82) is 0 Å². The molecule has 0 atom stereocenters. The van der Waals surface area contributed by atoms with Gasteiger partial charge < -0.3 is 4.90 Å². The van der Waals surface area contributed by atoms with Gasteiger partial charge in [0.25, 0.3) is 11.8 Å². The van der Waals surface area contributed by atoms with Crippen LogP contribution in [0, 0.1) is 5.82 Å². The van der Waals surface area contributed by atoms with E-state index in [9.17, 15) is 18.8 Å². The van der Waals surface area contributed by atoms with Gasteiger partial charge in [-0.2, -0.15) is 0 Å². The molecule has 0 radical (unpaired) electrons. The summed E-state index contributed by atoms with van der Waals surface area (Å²) in [6.45, 7) is 5.27. The van der Waals surface area contributed by atoms with Crippen molar-refractivity contribution < 1.29 is 18.8 Å². The molecule has 3 amide bonds. The lowest BCUT2D eigenvalue weighted by atomic mass is 10.1. The average Bonchev–Trinajstić information content (AvgIpc) is 2.77. The predicted octanol–water partition coefficient (Wildman–Crippen LogP) is 2.46. The second kappa shape index (κ2) is 7.35. The van der Waals surface area contributed by atoms with Crippen LogP contribution in [0.3, 0.4) is 0 Å². The molecular weight excluding hydrogens is 299 g/mol. The Morgan fingerprint density at radius 2 is 1.78 bits per heavy atom. The monoisotopic (exact) mass is 320 g/mol. The lowest BCUT2D eigenvalue weighted by molar-refractivity contribution is -0.131. The molecule has 1 heterocycles. The van der Waals surface area contributed by atoms with E-state index in [0.29, 0.717) is 13.1 Å². The number of amides is 3. The molecule has 0 saturated carbocycles.